The number of para-hydroxylation sites is 1. The largest absolute Gasteiger partial charge is 0.311 e. The van der Waals surface area contributed by atoms with Crippen molar-refractivity contribution in [3.05, 3.63) is 301 Å². The van der Waals surface area contributed by atoms with Gasteiger partial charge >= 0.3 is 0 Å². The fourth-order valence-electron chi connectivity index (χ4n) is 11.1. The van der Waals surface area contributed by atoms with Crippen LogP contribution in [-0.2, 0) is 5.41 Å². The fourth-order valence-corrected chi connectivity index (χ4v) is 11.1. The summed E-state index contributed by atoms with van der Waals surface area (Å²) in [7, 11) is 0. The van der Waals surface area contributed by atoms with Gasteiger partial charge in [-0.25, -0.2) is 0 Å². The third kappa shape index (κ3) is 6.72. The van der Waals surface area contributed by atoms with Crippen LogP contribution >= 0.6 is 0 Å². The lowest BCUT2D eigenvalue weighted by Crippen LogP contribution is -2.36. The molecule has 13 rings (SSSR count). The minimum Gasteiger partial charge on any atom is -0.311 e. The van der Waals surface area contributed by atoms with Crippen LogP contribution in [0.1, 0.15) is 22.3 Å². The maximum absolute atomic E-state index is 2.48. The lowest BCUT2D eigenvalue weighted by molar-refractivity contribution is 0.753. The summed E-state index contributed by atoms with van der Waals surface area (Å²) in [5, 5.41) is 0. The molecule has 2 aliphatic rings. The van der Waals surface area contributed by atoms with Crippen LogP contribution in [0.25, 0.3) is 55.6 Å². The van der Waals surface area contributed by atoms with E-state index < -0.39 is 5.41 Å². The van der Waals surface area contributed by atoms with Crippen molar-refractivity contribution in [3.8, 4) is 55.6 Å². The summed E-state index contributed by atoms with van der Waals surface area (Å²) in [5.41, 5.74) is 23.5. The van der Waals surface area contributed by atoms with E-state index >= 15 is 0 Å². The zero-order valence-electron chi connectivity index (χ0n) is 38.0. The van der Waals surface area contributed by atoms with Gasteiger partial charge in [-0.3, -0.25) is 0 Å². The highest BCUT2D eigenvalue weighted by Crippen LogP contribution is 2.63. The molecule has 0 amide bonds. The van der Waals surface area contributed by atoms with E-state index in [9.17, 15) is 0 Å². The van der Waals surface area contributed by atoms with Crippen LogP contribution in [0.5, 0.6) is 0 Å². The molecular weight excluding hydrogens is 833 g/mol. The van der Waals surface area contributed by atoms with E-state index in [0.29, 0.717) is 0 Å². The van der Waals surface area contributed by atoms with Crippen molar-refractivity contribution >= 4 is 34.1 Å². The zero-order valence-corrected chi connectivity index (χ0v) is 38.0. The van der Waals surface area contributed by atoms with Gasteiger partial charge in [-0.2, -0.15) is 0 Å². The molecule has 0 N–H and O–H groups in total. The molecular formula is C67H46N2. The molecule has 0 atom stereocenters. The van der Waals surface area contributed by atoms with Gasteiger partial charge < -0.3 is 9.80 Å². The molecule has 0 bridgehead atoms. The number of hydrogen-bond acceptors (Lipinski definition) is 2. The zero-order chi connectivity index (χ0) is 45.7. The van der Waals surface area contributed by atoms with Crippen LogP contribution in [0.15, 0.2) is 279 Å². The van der Waals surface area contributed by atoms with Crippen molar-refractivity contribution in [1.29, 1.82) is 0 Å². The Morgan fingerprint density at radius 3 is 1.04 bits per heavy atom. The molecule has 0 radical (unpaired) electrons. The Hall–Kier alpha value is -8.98. The Morgan fingerprint density at radius 1 is 0.246 bits per heavy atom. The van der Waals surface area contributed by atoms with Crippen molar-refractivity contribution in [2.45, 2.75) is 5.41 Å². The second-order valence-electron chi connectivity index (χ2n) is 18.0. The van der Waals surface area contributed by atoms with Crippen LogP contribution in [0.2, 0.25) is 0 Å². The smallest absolute Gasteiger partial charge is 0.0754 e. The van der Waals surface area contributed by atoms with Crippen molar-refractivity contribution in [3.63, 3.8) is 0 Å². The molecule has 0 saturated carbocycles. The molecule has 324 valence electrons. The van der Waals surface area contributed by atoms with E-state index in [0.717, 1.165) is 28.3 Å². The number of rotatable bonds is 8. The maximum Gasteiger partial charge on any atom is 0.0754 e. The first-order valence-electron chi connectivity index (χ1n) is 23.8. The summed E-state index contributed by atoms with van der Waals surface area (Å²) in [6.07, 6.45) is 0. The number of nitrogens with zero attached hydrogens (tertiary/aromatic N) is 2. The monoisotopic (exact) mass is 878 g/mol. The number of anilines is 6. The van der Waals surface area contributed by atoms with E-state index in [-0.39, 0.29) is 0 Å². The predicted molar refractivity (Wildman–Crippen MR) is 288 cm³/mol. The number of fused-ring (bicyclic) bond motifs is 9. The van der Waals surface area contributed by atoms with Crippen LogP contribution in [0, 0.1) is 0 Å². The van der Waals surface area contributed by atoms with Gasteiger partial charge in [-0.05, 0) is 145 Å². The molecule has 2 heteroatoms. The first kappa shape index (κ1) is 40.3. The maximum atomic E-state index is 2.48. The Balaban J connectivity index is 0.949. The third-order valence-corrected chi connectivity index (χ3v) is 14.3. The second-order valence-corrected chi connectivity index (χ2v) is 18.0. The van der Waals surface area contributed by atoms with Crippen molar-refractivity contribution in [1.82, 2.24) is 0 Å². The first-order chi connectivity index (χ1) is 34.2. The molecule has 1 heterocycles. The molecule has 0 aromatic heterocycles. The van der Waals surface area contributed by atoms with E-state index in [1.807, 2.05) is 0 Å². The van der Waals surface area contributed by atoms with Crippen LogP contribution in [0.3, 0.4) is 0 Å². The number of benzene rings is 11. The molecule has 0 fully saturated rings. The Kier molecular flexibility index (Phi) is 9.77. The highest BCUT2D eigenvalue weighted by Gasteiger charge is 2.51. The molecule has 0 saturated heterocycles. The molecule has 0 unspecified atom stereocenters. The fraction of sp³-hybridized carbons (Fsp3) is 0.0149. The molecule has 1 aliphatic carbocycles. The summed E-state index contributed by atoms with van der Waals surface area (Å²) in [4.78, 5) is 4.84. The topological polar surface area (TPSA) is 6.48 Å². The quantitative estimate of drug-likeness (QED) is 0.150. The van der Waals surface area contributed by atoms with Crippen LogP contribution in [0.4, 0.5) is 34.1 Å². The van der Waals surface area contributed by atoms with E-state index in [1.54, 1.807) is 0 Å². The lowest BCUT2D eigenvalue weighted by Gasteiger charge is -2.45. The summed E-state index contributed by atoms with van der Waals surface area (Å²) < 4.78 is 0. The van der Waals surface area contributed by atoms with Gasteiger partial charge in [0.2, 0.25) is 0 Å². The lowest BCUT2D eigenvalue weighted by atomic mass is 9.64. The van der Waals surface area contributed by atoms with E-state index in [2.05, 4.69) is 289 Å². The standard InChI is InChI=1S/C67H46N2/c1-4-16-47(17-5-1)50-28-37-55(38-29-50)68(56-39-30-51(31-40-56)48-18-6-2-7-19-48)57-41-34-53(35-42-57)54-36-45-66-64(46-54)67(61-24-12-10-22-59(61)60-23-11-13-25-62(60)67)63-26-14-15-27-65(63)69(66)58-43-32-52(33-44-58)49-20-8-3-9-21-49/h1-46H. The Bertz CT molecular complexity index is 3490. The average molecular weight is 879 g/mol. The molecule has 11 aromatic rings. The summed E-state index contributed by atoms with van der Waals surface area (Å²) in [5.74, 6) is 0. The van der Waals surface area contributed by atoms with Crippen molar-refractivity contribution < 1.29 is 0 Å². The van der Waals surface area contributed by atoms with Gasteiger partial charge in [0, 0.05) is 22.7 Å². The SMILES string of the molecule is c1ccc(-c2ccc(N(c3ccc(-c4ccccc4)cc3)c3ccc(-c4ccc5c(c4)C4(c6ccccc6-c6ccccc64)c4ccccc4N5c4ccc(-c5ccccc5)cc4)cc3)cc2)cc1. The number of hydrogen-bond donors (Lipinski definition) is 0. The summed E-state index contributed by atoms with van der Waals surface area (Å²) in [6, 6.07) is 102. The minimum atomic E-state index is -0.538. The van der Waals surface area contributed by atoms with Gasteiger partial charge in [-0.1, -0.05) is 212 Å². The molecule has 69 heavy (non-hydrogen) atoms. The first-order valence-corrected chi connectivity index (χ1v) is 23.8. The predicted octanol–water partition coefficient (Wildman–Crippen LogP) is 18.0. The van der Waals surface area contributed by atoms with Crippen molar-refractivity contribution in [2.75, 3.05) is 9.80 Å². The molecule has 1 aliphatic heterocycles. The molecule has 11 aromatic carbocycles. The Morgan fingerprint density at radius 2 is 0.580 bits per heavy atom. The highest BCUT2D eigenvalue weighted by atomic mass is 15.2. The van der Waals surface area contributed by atoms with Gasteiger partial charge in [0.05, 0.1) is 16.8 Å². The van der Waals surface area contributed by atoms with Gasteiger partial charge in [0.15, 0.2) is 0 Å². The molecule has 1 spiro atoms. The molecule has 2 nitrogen and oxygen atoms in total. The van der Waals surface area contributed by atoms with Gasteiger partial charge in [-0.15, -0.1) is 0 Å². The second kappa shape index (κ2) is 16.7. The summed E-state index contributed by atoms with van der Waals surface area (Å²) >= 11 is 0. The van der Waals surface area contributed by atoms with Crippen LogP contribution < -0.4 is 9.80 Å². The normalized spacial score (nSPS) is 12.7. The highest BCUT2D eigenvalue weighted by molar-refractivity contribution is 5.97. The van der Waals surface area contributed by atoms with Crippen LogP contribution in [-0.4, -0.2) is 0 Å². The third-order valence-electron chi connectivity index (χ3n) is 14.3. The van der Waals surface area contributed by atoms with E-state index in [1.165, 1.54) is 83.7 Å². The van der Waals surface area contributed by atoms with Gasteiger partial charge in [0.25, 0.3) is 0 Å². The average Bonchev–Trinajstić information content (AvgIpc) is 3.73. The summed E-state index contributed by atoms with van der Waals surface area (Å²) in [6.45, 7) is 0. The minimum absolute atomic E-state index is 0.538. The van der Waals surface area contributed by atoms with Crippen molar-refractivity contribution in [2.24, 2.45) is 0 Å². The van der Waals surface area contributed by atoms with Gasteiger partial charge in [0.1, 0.15) is 0 Å². The van der Waals surface area contributed by atoms with E-state index in [4.69, 9.17) is 0 Å². The Labute approximate surface area is 404 Å².